The van der Waals surface area contributed by atoms with Crippen LogP contribution in [-0.4, -0.2) is 29.6 Å². The Morgan fingerprint density at radius 2 is 2.40 bits per heavy atom. The van der Waals surface area contributed by atoms with Crippen molar-refractivity contribution in [2.75, 3.05) is 24.5 Å². The quantitative estimate of drug-likeness (QED) is 0.783. The molecule has 1 aromatic heterocycles. The van der Waals surface area contributed by atoms with E-state index in [-0.39, 0.29) is 0 Å². The molecule has 1 atom stereocenters. The molecule has 0 spiro atoms. The van der Waals surface area contributed by atoms with E-state index in [2.05, 4.69) is 14.9 Å². The van der Waals surface area contributed by atoms with Gasteiger partial charge in [0.05, 0.1) is 11.9 Å². The third-order valence-corrected chi connectivity index (χ3v) is 2.92. The Morgan fingerprint density at radius 1 is 1.53 bits per heavy atom. The van der Waals surface area contributed by atoms with Crippen LogP contribution < -0.4 is 10.6 Å². The van der Waals surface area contributed by atoms with Gasteiger partial charge in [-0.2, -0.15) is 0 Å². The molecule has 2 heterocycles. The first-order valence-corrected chi connectivity index (χ1v) is 5.53. The predicted molar refractivity (Wildman–Crippen MR) is 60.8 cm³/mol. The highest BCUT2D eigenvalue weighted by Crippen LogP contribution is 2.20. The minimum absolute atomic E-state index is 0.612. The number of anilines is 1. The molecule has 4 nitrogen and oxygen atoms in total. The standard InChI is InChI=1S/C11H18N4/c1-9-6-13-7-11(14-9)15-4-2-3-10(5-12)8-15/h6-7,10H,2-5,8,12H2,1H3/t10-/m0/s1. The highest BCUT2D eigenvalue weighted by molar-refractivity contribution is 5.36. The maximum absolute atomic E-state index is 5.71. The Kier molecular flexibility index (Phi) is 3.16. The second kappa shape index (κ2) is 4.57. The average molecular weight is 206 g/mol. The van der Waals surface area contributed by atoms with Crippen LogP contribution in [0.3, 0.4) is 0 Å². The number of rotatable bonds is 2. The molecule has 82 valence electrons. The van der Waals surface area contributed by atoms with Crippen LogP contribution in [0.25, 0.3) is 0 Å². The number of hydrogen-bond donors (Lipinski definition) is 1. The van der Waals surface area contributed by atoms with Crippen LogP contribution in [0.15, 0.2) is 12.4 Å². The minimum Gasteiger partial charge on any atom is -0.355 e. The van der Waals surface area contributed by atoms with Crippen molar-refractivity contribution >= 4 is 5.82 Å². The highest BCUT2D eigenvalue weighted by Gasteiger charge is 2.19. The van der Waals surface area contributed by atoms with Gasteiger partial charge < -0.3 is 10.6 Å². The molecule has 0 bridgehead atoms. The molecule has 1 saturated heterocycles. The molecule has 15 heavy (non-hydrogen) atoms. The summed E-state index contributed by atoms with van der Waals surface area (Å²) >= 11 is 0. The van der Waals surface area contributed by atoms with Crippen LogP contribution in [-0.2, 0) is 0 Å². The molecule has 1 aromatic rings. The van der Waals surface area contributed by atoms with Gasteiger partial charge in [-0.05, 0) is 32.2 Å². The lowest BCUT2D eigenvalue weighted by Gasteiger charge is -2.32. The van der Waals surface area contributed by atoms with E-state index >= 15 is 0 Å². The van der Waals surface area contributed by atoms with Gasteiger partial charge in [0.1, 0.15) is 5.82 Å². The lowest BCUT2D eigenvalue weighted by atomic mass is 9.98. The SMILES string of the molecule is Cc1cncc(N2CCC[C@@H](CN)C2)n1. The summed E-state index contributed by atoms with van der Waals surface area (Å²) in [6.45, 7) is 4.85. The molecule has 1 fully saturated rings. The van der Waals surface area contributed by atoms with E-state index in [0.717, 1.165) is 31.1 Å². The molecule has 0 amide bonds. The smallest absolute Gasteiger partial charge is 0.147 e. The Balaban J connectivity index is 2.09. The van der Waals surface area contributed by atoms with Gasteiger partial charge in [0.2, 0.25) is 0 Å². The van der Waals surface area contributed by atoms with Crippen LogP contribution in [0.5, 0.6) is 0 Å². The molecule has 0 aliphatic carbocycles. The zero-order valence-electron chi connectivity index (χ0n) is 9.19. The second-order valence-corrected chi connectivity index (χ2v) is 4.21. The van der Waals surface area contributed by atoms with Crippen LogP contribution >= 0.6 is 0 Å². The van der Waals surface area contributed by atoms with E-state index in [1.165, 1.54) is 12.8 Å². The summed E-state index contributed by atoms with van der Waals surface area (Å²) in [5.74, 6) is 1.61. The lowest BCUT2D eigenvalue weighted by molar-refractivity contribution is 0.421. The first-order chi connectivity index (χ1) is 7.29. The van der Waals surface area contributed by atoms with Crippen LogP contribution in [0.1, 0.15) is 18.5 Å². The summed E-state index contributed by atoms with van der Waals surface area (Å²) in [5.41, 5.74) is 6.69. The van der Waals surface area contributed by atoms with Crippen molar-refractivity contribution in [2.45, 2.75) is 19.8 Å². The maximum Gasteiger partial charge on any atom is 0.147 e. The predicted octanol–water partition coefficient (Wildman–Crippen LogP) is 0.960. The summed E-state index contributed by atoms with van der Waals surface area (Å²) < 4.78 is 0. The number of aryl methyl sites for hydroxylation is 1. The molecule has 0 unspecified atom stereocenters. The van der Waals surface area contributed by atoms with E-state index in [0.29, 0.717) is 5.92 Å². The molecule has 0 aromatic carbocycles. The molecule has 2 rings (SSSR count). The first-order valence-electron chi connectivity index (χ1n) is 5.53. The lowest BCUT2D eigenvalue weighted by Crippen LogP contribution is -2.38. The fourth-order valence-corrected chi connectivity index (χ4v) is 2.07. The number of piperidine rings is 1. The van der Waals surface area contributed by atoms with Crippen molar-refractivity contribution in [1.29, 1.82) is 0 Å². The molecular formula is C11H18N4. The third-order valence-electron chi connectivity index (χ3n) is 2.92. The van der Waals surface area contributed by atoms with Crippen molar-refractivity contribution in [3.8, 4) is 0 Å². The summed E-state index contributed by atoms with van der Waals surface area (Å²) in [6, 6.07) is 0. The van der Waals surface area contributed by atoms with Gasteiger partial charge in [0.25, 0.3) is 0 Å². The van der Waals surface area contributed by atoms with Crippen molar-refractivity contribution in [3.63, 3.8) is 0 Å². The monoisotopic (exact) mass is 206 g/mol. The van der Waals surface area contributed by atoms with Crippen LogP contribution in [0.4, 0.5) is 5.82 Å². The summed E-state index contributed by atoms with van der Waals surface area (Å²) in [6.07, 6.45) is 6.07. The zero-order chi connectivity index (χ0) is 10.7. The number of hydrogen-bond acceptors (Lipinski definition) is 4. The topological polar surface area (TPSA) is 55.0 Å². The van der Waals surface area contributed by atoms with Gasteiger partial charge in [-0.25, -0.2) is 4.98 Å². The van der Waals surface area contributed by atoms with E-state index in [9.17, 15) is 0 Å². The van der Waals surface area contributed by atoms with Crippen molar-refractivity contribution in [1.82, 2.24) is 9.97 Å². The maximum atomic E-state index is 5.71. The van der Waals surface area contributed by atoms with Gasteiger partial charge in [-0.3, -0.25) is 4.98 Å². The van der Waals surface area contributed by atoms with Crippen LogP contribution in [0, 0.1) is 12.8 Å². The normalized spacial score (nSPS) is 21.7. The van der Waals surface area contributed by atoms with Gasteiger partial charge in [0, 0.05) is 19.3 Å². The van der Waals surface area contributed by atoms with Crippen LogP contribution in [0.2, 0.25) is 0 Å². The van der Waals surface area contributed by atoms with E-state index in [1.54, 1.807) is 6.20 Å². The second-order valence-electron chi connectivity index (χ2n) is 4.21. The first kappa shape index (κ1) is 10.4. The molecule has 1 aliphatic rings. The Hall–Kier alpha value is -1.16. The van der Waals surface area contributed by atoms with E-state index in [1.807, 2.05) is 13.1 Å². The highest BCUT2D eigenvalue weighted by atomic mass is 15.2. The fourth-order valence-electron chi connectivity index (χ4n) is 2.07. The molecular weight excluding hydrogens is 188 g/mol. The summed E-state index contributed by atoms with van der Waals surface area (Å²) in [7, 11) is 0. The molecule has 0 radical (unpaired) electrons. The average Bonchev–Trinajstić information content (AvgIpc) is 2.29. The number of nitrogens with two attached hydrogens (primary N) is 1. The van der Waals surface area contributed by atoms with Crippen molar-refractivity contribution in [3.05, 3.63) is 18.1 Å². The Morgan fingerprint density at radius 3 is 3.13 bits per heavy atom. The zero-order valence-corrected chi connectivity index (χ0v) is 9.19. The minimum atomic E-state index is 0.612. The van der Waals surface area contributed by atoms with Crippen molar-refractivity contribution in [2.24, 2.45) is 11.7 Å². The summed E-state index contributed by atoms with van der Waals surface area (Å²) in [5, 5.41) is 0. The van der Waals surface area contributed by atoms with Gasteiger partial charge >= 0.3 is 0 Å². The largest absolute Gasteiger partial charge is 0.355 e. The molecule has 0 saturated carbocycles. The number of aromatic nitrogens is 2. The third kappa shape index (κ3) is 2.45. The fraction of sp³-hybridized carbons (Fsp3) is 0.636. The van der Waals surface area contributed by atoms with Gasteiger partial charge in [0.15, 0.2) is 0 Å². The molecule has 1 aliphatic heterocycles. The molecule has 2 N–H and O–H groups in total. The Labute approximate surface area is 90.5 Å². The van der Waals surface area contributed by atoms with E-state index < -0.39 is 0 Å². The summed E-state index contributed by atoms with van der Waals surface area (Å²) in [4.78, 5) is 11.0. The van der Waals surface area contributed by atoms with E-state index in [4.69, 9.17) is 5.73 Å². The van der Waals surface area contributed by atoms with Crippen molar-refractivity contribution < 1.29 is 0 Å². The number of nitrogens with zero attached hydrogens (tertiary/aromatic N) is 3. The molecule has 4 heteroatoms. The van der Waals surface area contributed by atoms with Gasteiger partial charge in [-0.15, -0.1) is 0 Å². The Bertz CT molecular complexity index is 326. The van der Waals surface area contributed by atoms with Gasteiger partial charge in [-0.1, -0.05) is 0 Å².